The van der Waals surface area contributed by atoms with E-state index in [2.05, 4.69) is 17.0 Å². The van der Waals surface area contributed by atoms with Crippen molar-refractivity contribution >= 4 is 0 Å². The van der Waals surface area contributed by atoms with Gasteiger partial charge in [0.15, 0.2) is 0 Å². The Kier molecular flexibility index (Phi) is 5.99. The number of likely N-dealkylation sites (tertiary alicyclic amines) is 1. The monoisotopic (exact) mass is 433 g/mol. The fourth-order valence-electron chi connectivity index (χ4n) is 4.91. The van der Waals surface area contributed by atoms with Crippen LogP contribution < -0.4 is 9.47 Å². The topological polar surface area (TPSA) is 41.9 Å². The first-order valence-electron chi connectivity index (χ1n) is 11.3. The summed E-state index contributed by atoms with van der Waals surface area (Å²) in [5.41, 5.74) is 3.01. The zero-order valence-corrected chi connectivity index (χ0v) is 18.0. The van der Waals surface area contributed by atoms with E-state index in [1.807, 2.05) is 24.3 Å². The number of rotatable bonds is 6. The zero-order chi connectivity index (χ0) is 21.9. The van der Waals surface area contributed by atoms with Crippen molar-refractivity contribution in [2.24, 2.45) is 0 Å². The van der Waals surface area contributed by atoms with Crippen molar-refractivity contribution in [3.05, 3.63) is 89.2 Å². The molecule has 0 aromatic heterocycles. The molecule has 1 fully saturated rings. The molecule has 5 rings (SSSR count). The number of hydrogen-bond acceptors (Lipinski definition) is 4. The van der Waals surface area contributed by atoms with Gasteiger partial charge in [-0.05, 0) is 67.4 Å². The highest BCUT2D eigenvalue weighted by Gasteiger charge is 2.33. The molecular formula is C27H28FNO3. The molecule has 0 amide bonds. The van der Waals surface area contributed by atoms with Crippen LogP contribution in [-0.4, -0.2) is 42.9 Å². The molecular weight excluding hydrogens is 405 g/mol. The number of nitrogens with zero attached hydrogens (tertiary/aromatic N) is 1. The lowest BCUT2D eigenvalue weighted by Gasteiger charge is -2.34. The summed E-state index contributed by atoms with van der Waals surface area (Å²) in [6.07, 6.45) is 2.57. The summed E-state index contributed by atoms with van der Waals surface area (Å²) in [7, 11) is 0. The van der Waals surface area contributed by atoms with Crippen LogP contribution in [0.1, 0.15) is 41.4 Å². The molecule has 0 saturated carbocycles. The van der Waals surface area contributed by atoms with Crippen LogP contribution in [0.3, 0.4) is 0 Å². The lowest BCUT2D eigenvalue weighted by atomic mass is 9.76. The molecule has 0 unspecified atom stereocenters. The summed E-state index contributed by atoms with van der Waals surface area (Å²) < 4.78 is 25.9. The third-order valence-electron chi connectivity index (χ3n) is 6.54. The highest BCUT2D eigenvalue weighted by Crippen LogP contribution is 2.47. The molecule has 166 valence electrons. The van der Waals surface area contributed by atoms with Crippen LogP contribution in [-0.2, 0) is 0 Å². The smallest absolute Gasteiger partial charge is 0.126 e. The molecule has 0 bridgehead atoms. The van der Waals surface area contributed by atoms with Crippen molar-refractivity contribution in [2.45, 2.75) is 24.7 Å². The summed E-state index contributed by atoms with van der Waals surface area (Å²) in [6.45, 7) is 4.40. The summed E-state index contributed by atoms with van der Waals surface area (Å²) in [4.78, 5) is 2.44. The Bertz CT molecular complexity index is 1060. The Morgan fingerprint density at radius 2 is 1.78 bits per heavy atom. The SMILES string of the molecule is Oc1ccc2c(c1)OC[C@H](c1cccc(F)c1)[C@@H]2c1ccc(OCCN2CCCC2)cc1. The molecule has 3 aromatic rings. The molecule has 0 radical (unpaired) electrons. The zero-order valence-electron chi connectivity index (χ0n) is 18.0. The van der Waals surface area contributed by atoms with Gasteiger partial charge in [-0.15, -0.1) is 0 Å². The first kappa shape index (κ1) is 20.8. The molecule has 5 heteroatoms. The molecule has 0 aliphatic carbocycles. The number of hydrogen-bond donors (Lipinski definition) is 1. The molecule has 2 atom stereocenters. The molecule has 2 heterocycles. The van der Waals surface area contributed by atoms with Gasteiger partial charge in [-0.3, -0.25) is 4.90 Å². The maximum atomic E-state index is 14.0. The van der Waals surface area contributed by atoms with Crippen LogP contribution in [0.15, 0.2) is 66.7 Å². The van der Waals surface area contributed by atoms with Crippen molar-refractivity contribution in [1.29, 1.82) is 0 Å². The summed E-state index contributed by atoms with van der Waals surface area (Å²) in [5.74, 6) is 1.40. The highest BCUT2D eigenvalue weighted by molar-refractivity contribution is 5.50. The Labute approximate surface area is 188 Å². The number of aromatic hydroxyl groups is 1. The number of phenols is 1. The lowest BCUT2D eigenvalue weighted by Crippen LogP contribution is -2.25. The van der Waals surface area contributed by atoms with Crippen molar-refractivity contribution < 1.29 is 19.0 Å². The van der Waals surface area contributed by atoms with Crippen LogP contribution in [0.4, 0.5) is 4.39 Å². The average molecular weight is 434 g/mol. The quantitative estimate of drug-likeness (QED) is 0.572. The van der Waals surface area contributed by atoms with E-state index in [4.69, 9.17) is 9.47 Å². The van der Waals surface area contributed by atoms with E-state index in [1.165, 1.54) is 32.0 Å². The summed E-state index contributed by atoms with van der Waals surface area (Å²) in [5, 5.41) is 9.91. The standard InChI is InChI=1S/C27H28FNO3/c28-21-5-3-4-20(16-21)25-18-32-26-17-22(30)8-11-24(26)27(25)19-6-9-23(10-7-19)31-15-14-29-12-1-2-13-29/h3-11,16-17,25,27,30H,1-2,12-15,18H2/t25-,27-/m1/s1. The minimum Gasteiger partial charge on any atom is -0.508 e. The van der Waals surface area contributed by atoms with E-state index in [1.54, 1.807) is 24.3 Å². The third kappa shape index (κ3) is 4.44. The molecule has 0 spiro atoms. The Morgan fingerprint density at radius 3 is 2.56 bits per heavy atom. The van der Waals surface area contributed by atoms with Gasteiger partial charge in [0.1, 0.15) is 29.7 Å². The second kappa shape index (κ2) is 9.21. The maximum absolute atomic E-state index is 14.0. The van der Waals surface area contributed by atoms with Gasteiger partial charge in [0.2, 0.25) is 0 Å². The first-order chi connectivity index (χ1) is 15.7. The van der Waals surface area contributed by atoms with E-state index in [0.717, 1.165) is 29.0 Å². The van der Waals surface area contributed by atoms with Crippen molar-refractivity contribution in [3.63, 3.8) is 0 Å². The maximum Gasteiger partial charge on any atom is 0.126 e. The van der Waals surface area contributed by atoms with E-state index in [9.17, 15) is 9.50 Å². The Morgan fingerprint density at radius 1 is 0.969 bits per heavy atom. The predicted octanol–water partition coefficient (Wildman–Crippen LogP) is 5.31. The fraction of sp³-hybridized carbons (Fsp3) is 0.333. The predicted molar refractivity (Wildman–Crippen MR) is 122 cm³/mol. The van der Waals surface area contributed by atoms with Gasteiger partial charge in [-0.2, -0.15) is 0 Å². The number of fused-ring (bicyclic) bond motifs is 1. The second-order valence-corrected chi connectivity index (χ2v) is 8.64. The Balaban J connectivity index is 1.40. The number of phenolic OH excluding ortho intramolecular Hbond substituents is 1. The summed E-state index contributed by atoms with van der Waals surface area (Å²) >= 11 is 0. The van der Waals surface area contributed by atoms with Crippen LogP contribution in [0.5, 0.6) is 17.2 Å². The number of ether oxygens (including phenoxy) is 2. The van der Waals surface area contributed by atoms with Crippen molar-refractivity contribution in [1.82, 2.24) is 4.90 Å². The second-order valence-electron chi connectivity index (χ2n) is 8.64. The number of halogens is 1. The molecule has 4 nitrogen and oxygen atoms in total. The van der Waals surface area contributed by atoms with Gasteiger partial charge in [0.25, 0.3) is 0 Å². The highest BCUT2D eigenvalue weighted by atomic mass is 19.1. The molecule has 1 N–H and O–H groups in total. The Hall–Kier alpha value is -3.05. The van der Waals surface area contributed by atoms with E-state index < -0.39 is 0 Å². The van der Waals surface area contributed by atoms with Crippen LogP contribution in [0.25, 0.3) is 0 Å². The largest absolute Gasteiger partial charge is 0.508 e. The van der Waals surface area contributed by atoms with E-state index in [-0.39, 0.29) is 23.4 Å². The van der Waals surface area contributed by atoms with E-state index >= 15 is 0 Å². The van der Waals surface area contributed by atoms with E-state index in [0.29, 0.717) is 19.0 Å². The van der Waals surface area contributed by atoms with Gasteiger partial charge >= 0.3 is 0 Å². The molecule has 3 aromatic carbocycles. The summed E-state index contributed by atoms with van der Waals surface area (Å²) in [6, 6.07) is 20.2. The molecule has 2 aliphatic heterocycles. The minimum absolute atomic E-state index is 0.0141. The van der Waals surface area contributed by atoms with Gasteiger partial charge in [0.05, 0.1) is 6.61 Å². The van der Waals surface area contributed by atoms with Gasteiger partial charge in [-0.1, -0.05) is 30.3 Å². The number of benzene rings is 3. The van der Waals surface area contributed by atoms with Crippen LogP contribution >= 0.6 is 0 Å². The normalized spacial score (nSPS) is 20.5. The van der Waals surface area contributed by atoms with Crippen molar-refractivity contribution in [3.8, 4) is 17.2 Å². The van der Waals surface area contributed by atoms with Crippen LogP contribution in [0, 0.1) is 5.82 Å². The van der Waals surface area contributed by atoms with Gasteiger partial charge < -0.3 is 14.6 Å². The molecule has 1 saturated heterocycles. The van der Waals surface area contributed by atoms with Gasteiger partial charge in [-0.25, -0.2) is 4.39 Å². The first-order valence-corrected chi connectivity index (χ1v) is 11.3. The van der Waals surface area contributed by atoms with Crippen LogP contribution in [0.2, 0.25) is 0 Å². The van der Waals surface area contributed by atoms with Crippen molar-refractivity contribution in [2.75, 3.05) is 32.8 Å². The van der Waals surface area contributed by atoms with Gasteiger partial charge in [0, 0.05) is 30.0 Å². The molecule has 2 aliphatic rings. The fourth-order valence-corrected chi connectivity index (χ4v) is 4.91. The third-order valence-corrected chi connectivity index (χ3v) is 6.54. The average Bonchev–Trinajstić information content (AvgIpc) is 3.32. The minimum atomic E-state index is -0.250. The lowest BCUT2D eigenvalue weighted by molar-refractivity contribution is 0.237. The molecule has 32 heavy (non-hydrogen) atoms.